The molecule has 5 heteroatoms. The number of nitrogens with zero attached hydrogens (tertiary/aromatic N) is 3. The molecule has 104 valence electrons. The van der Waals surface area contributed by atoms with Crippen molar-refractivity contribution in [3.63, 3.8) is 0 Å². The van der Waals surface area contributed by atoms with E-state index in [9.17, 15) is 0 Å². The van der Waals surface area contributed by atoms with Gasteiger partial charge in [-0.2, -0.15) is 0 Å². The van der Waals surface area contributed by atoms with Crippen LogP contribution in [0, 0.1) is 11.3 Å². The van der Waals surface area contributed by atoms with Crippen molar-refractivity contribution >= 4 is 0 Å². The Labute approximate surface area is 113 Å². The molecule has 2 saturated heterocycles. The summed E-state index contributed by atoms with van der Waals surface area (Å²) >= 11 is 0. The second-order valence-electron chi connectivity index (χ2n) is 6.44. The van der Waals surface area contributed by atoms with E-state index in [0.717, 1.165) is 51.6 Å². The molecule has 1 spiro atoms. The molecule has 1 N–H and O–H groups in total. The molecule has 1 atom stereocenters. The highest BCUT2D eigenvalue weighted by atomic mass is 16.5. The topological polar surface area (TPSA) is 52.0 Å². The lowest BCUT2D eigenvalue weighted by molar-refractivity contribution is 0.0148. The van der Waals surface area contributed by atoms with Crippen molar-refractivity contribution in [2.24, 2.45) is 11.3 Å². The van der Waals surface area contributed by atoms with Crippen LogP contribution in [0.4, 0.5) is 0 Å². The summed E-state index contributed by atoms with van der Waals surface area (Å²) in [6.45, 7) is 5.07. The fourth-order valence-corrected chi connectivity index (χ4v) is 3.73. The minimum Gasteiger partial charge on any atom is -0.381 e. The number of rotatable bonds is 3. The summed E-state index contributed by atoms with van der Waals surface area (Å²) in [7, 11) is 0. The van der Waals surface area contributed by atoms with Gasteiger partial charge in [0, 0.05) is 38.8 Å². The van der Waals surface area contributed by atoms with Crippen molar-refractivity contribution in [2.75, 3.05) is 26.3 Å². The minimum absolute atomic E-state index is 0.354. The van der Waals surface area contributed by atoms with Gasteiger partial charge in [0.2, 0.25) is 0 Å². The maximum absolute atomic E-state index is 5.56. The Morgan fingerprint density at radius 1 is 1.37 bits per heavy atom. The van der Waals surface area contributed by atoms with Crippen LogP contribution in [-0.2, 0) is 11.3 Å². The summed E-state index contributed by atoms with van der Waals surface area (Å²) in [6.07, 6.45) is 6.99. The Bertz CT molecular complexity index is 448. The van der Waals surface area contributed by atoms with Crippen LogP contribution in [0.2, 0.25) is 0 Å². The third-order valence-electron chi connectivity index (χ3n) is 5.16. The zero-order valence-corrected chi connectivity index (χ0v) is 11.3. The maximum Gasteiger partial charge on any atom is 0.137 e. The van der Waals surface area contributed by atoms with E-state index in [1.165, 1.54) is 18.7 Å². The number of aromatic nitrogens is 3. The first-order chi connectivity index (χ1) is 9.37. The van der Waals surface area contributed by atoms with Gasteiger partial charge in [-0.3, -0.25) is 0 Å². The summed E-state index contributed by atoms with van der Waals surface area (Å²) in [5.74, 6) is 2.59. The van der Waals surface area contributed by atoms with Gasteiger partial charge in [-0.05, 0) is 37.0 Å². The van der Waals surface area contributed by atoms with Gasteiger partial charge in [-0.1, -0.05) is 0 Å². The van der Waals surface area contributed by atoms with Gasteiger partial charge >= 0.3 is 0 Å². The first kappa shape index (κ1) is 11.9. The second kappa shape index (κ2) is 4.56. The molecule has 0 bridgehead atoms. The second-order valence-corrected chi connectivity index (χ2v) is 6.44. The van der Waals surface area contributed by atoms with Gasteiger partial charge in [-0.15, -0.1) is 10.2 Å². The molecule has 0 aromatic carbocycles. The first-order valence-electron chi connectivity index (χ1n) is 7.54. The van der Waals surface area contributed by atoms with Crippen molar-refractivity contribution in [3.05, 3.63) is 12.2 Å². The Morgan fingerprint density at radius 3 is 3.00 bits per heavy atom. The predicted molar refractivity (Wildman–Crippen MR) is 70.8 cm³/mol. The quantitative estimate of drug-likeness (QED) is 0.888. The van der Waals surface area contributed by atoms with E-state index in [4.69, 9.17) is 4.74 Å². The first-order valence-corrected chi connectivity index (χ1v) is 7.54. The van der Waals surface area contributed by atoms with E-state index < -0.39 is 0 Å². The average Bonchev–Trinajstić information content (AvgIpc) is 2.99. The van der Waals surface area contributed by atoms with E-state index in [2.05, 4.69) is 20.1 Å². The third-order valence-corrected chi connectivity index (χ3v) is 5.16. The SMILES string of the molecule is c1nnc(C2CNCC23CCOCC3)n1CC1CC1. The van der Waals surface area contributed by atoms with Crippen molar-refractivity contribution in [1.82, 2.24) is 20.1 Å². The largest absolute Gasteiger partial charge is 0.381 e. The van der Waals surface area contributed by atoms with Crippen LogP contribution in [0.3, 0.4) is 0 Å². The lowest BCUT2D eigenvalue weighted by Crippen LogP contribution is -2.36. The van der Waals surface area contributed by atoms with Crippen molar-refractivity contribution in [2.45, 2.75) is 38.1 Å². The molecule has 3 aliphatic rings. The number of ether oxygens (including phenoxy) is 1. The van der Waals surface area contributed by atoms with Crippen LogP contribution in [0.25, 0.3) is 0 Å². The fraction of sp³-hybridized carbons (Fsp3) is 0.857. The average molecular weight is 262 g/mol. The molecule has 1 aliphatic carbocycles. The maximum atomic E-state index is 5.56. The minimum atomic E-state index is 0.354. The van der Waals surface area contributed by atoms with E-state index in [0.29, 0.717) is 11.3 Å². The van der Waals surface area contributed by atoms with Gasteiger partial charge in [0.25, 0.3) is 0 Å². The molecule has 0 amide bonds. The molecule has 1 aromatic heterocycles. The molecule has 19 heavy (non-hydrogen) atoms. The highest BCUT2D eigenvalue weighted by Crippen LogP contribution is 2.46. The van der Waals surface area contributed by atoms with E-state index in [1.54, 1.807) is 0 Å². The number of nitrogens with one attached hydrogen (secondary N) is 1. The van der Waals surface area contributed by atoms with Crippen LogP contribution in [0.15, 0.2) is 6.33 Å². The molecule has 1 saturated carbocycles. The van der Waals surface area contributed by atoms with E-state index in [-0.39, 0.29) is 0 Å². The van der Waals surface area contributed by atoms with Crippen LogP contribution < -0.4 is 5.32 Å². The summed E-state index contributed by atoms with van der Waals surface area (Å²) in [5, 5.41) is 12.2. The van der Waals surface area contributed by atoms with Crippen LogP contribution >= 0.6 is 0 Å². The predicted octanol–water partition coefficient (Wildman–Crippen LogP) is 1.17. The molecule has 1 unspecified atom stereocenters. The van der Waals surface area contributed by atoms with Crippen molar-refractivity contribution < 1.29 is 4.74 Å². The van der Waals surface area contributed by atoms with Gasteiger partial charge in [0.15, 0.2) is 0 Å². The standard InChI is InChI=1S/C14H22N4O/c1-2-11(1)8-18-10-16-17-13(18)12-7-15-9-14(12)3-5-19-6-4-14/h10-12,15H,1-9H2. The Balaban J connectivity index is 1.61. The van der Waals surface area contributed by atoms with Gasteiger partial charge < -0.3 is 14.6 Å². The molecule has 0 radical (unpaired) electrons. The smallest absolute Gasteiger partial charge is 0.137 e. The molecule has 4 rings (SSSR count). The Kier molecular flexibility index (Phi) is 2.84. The molecule has 2 aliphatic heterocycles. The molecule has 1 aromatic rings. The fourth-order valence-electron chi connectivity index (χ4n) is 3.73. The Morgan fingerprint density at radius 2 is 2.21 bits per heavy atom. The summed E-state index contributed by atoms with van der Waals surface area (Å²) in [4.78, 5) is 0. The van der Waals surface area contributed by atoms with Gasteiger partial charge in [0.1, 0.15) is 12.2 Å². The monoisotopic (exact) mass is 262 g/mol. The van der Waals surface area contributed by atoms with Crippen LogP contribution in [-0.4, -0.2) is 41.1 Å². The highest BCUT2D eigenvalue weighted by molar-refractivity contribution is 5.12. The van der Waals surface area contributed by atoms with E-state index in [1.807, 2.05) is 6.33 Å². The number of hydrogen-bond acceptors (Lipinski definition) is 4. The van der Waals surface area contributed by atoms with Crippen molar-refractivity contribution in [1.29, 1.82) is 0 Å². The molecule has 3 heterocycles. The van der Waals surface area contributed by atoms with E-state index >= 15 is 0 Å². The Hall–Kier alpha value is -0.940. The molecule has 5 nitrogen and oxygen atoms in total. The van der Waals surface area contributed by atoms with Crippen LogP contribution in [0.5, 0.6) is 0 Å². The van der Waals surface area contributed by atoms with Crippen molar-refractivity contribution in [3.8, 4) is 0 Å². The zero-order chi connectivity index (χ0) is 12.7. The lowest BCUT2D eigenvalue weighted by atomic mass is 9.72. The summed E-state index contributed by atoms with van der Waals surface area (Å²) in [6, 6.07) is 0. The zero-order valence-electron chi connectivity index (χ0n) is 11.3. The highest BCUT2D eigenvalue weighted by Gasteiger charge is 2.46. The molecular formula is C14H22N4O. The van der Waals surface area contributed by atoms with Gasteiger partial charge in [0.05, 0.1) is 0 Å². The summed E-state index contributed by atoms with van der Waals surface area (Å²) in [5.41, 5.74) is 0.354. The lowest BCUT2D eigenvalue weighted by Gasteiger charge is -2.37. The molecular weight excluding hydrogens is 240 g/mol. The molecule has 3 fully saturated rings. The normalized spacial score (nSPS) is 30.0. The van der Waals surface area contributed by atoms with Crippen LogP contribution in [0.1, 0.15) is 37.4 Å². The van der Waals surface area contributed by atoms with Gasteiger partial charge in [-0.25, -0.2) is 0 Å². The number of hydrogen-bond donors (Lipinski definition) is 1. The summed E-state index contributed by atoms with van der Waals surface area (Å²) < 4.78 is 7.87. The third kappa shape index (κ3) is 2.09.